The zero-order valence-corrected chi connectivity index (χ0v) is 16.2. The molecule has 0 bridgehead atoms. The second kappa shape index (κ2) is 7.55. The predicted molar refractivity (Wildman–Crippen MR) is 108 cm³/mol. The first kappa shape index (κ1) is 19.1. The van der Waals surface area contributed by atoms with E-state index in [1.807, 2.05) is 12.1 Å². The average molecular weight is 385 g/mol. The summed E-state index contributed by atoms with van der Waals surface area (Å²) in [5.74, 6) is -0.443. The summed E-state index contributed by atoms with van der Waals surface area (Å²) in [5.41, 5.74) is 7.38. The topological polar surface area (TPSA) is 74.3 Å². The Morgan fingerprint density at radius 3 is 2.48 bits per heavy atom. The van der Waals surface area contributed by atoms with Crippen LogP contribution in [0.2, 0.25) is 5.02 Å². The minimum absolute atomic E-state index is 0.233. The van der Waals surface area contributed by atoms with E-state index in [-0.39, 0.29) is 11.7 Å². The third-order valence-electron chi connectivity index (χ3n) is 4.17. The number of aromatic nitrogens is 1. The highest BCUT2D eigenvalue weighted by Crippen LogP contribution is 2.25. The van der Waals surface area contributed by atoms with Gasteiger partial charge in [0.1, 0.15) is 0 Å². The molecule has 3 rings (SSSR count). The number of benzene rings is 2. The highest BCUT2D eigenvalue weighted by molar-refractivity contribution is 6.35. The number of carbonyl (C=O) groups is 1. The molecule has 0 amide bonds. The number of pyridine rings is 1. The second-order valence-corrected chi connectivity index (χ2v) is 7.11. The SMILES string of the molecule is CC(C)OC(=O)c1cccc(-n2c([C@H](C)N)cc3cccc(Cl)c3c2=O)c1. The van der Waals surface area contributed by atoms with Crippen molar-refractivity contribution in [3.8, 4) is 5.69 Å². The number of nitrogens with zero attached hydrogens (tertiary/aromatic N) is 1. The summed E-state index contributed by atoms with van der Waals surface area (Å²) < 4.78 is 6.76. The van der Waals surface area contributed by atoms with Crippen LogP contribution in [0.4, 0.5) is 0 Å². The Morgan fingerprint density at radius 2 is 1.81 bits per heavy atom. The van der Waals surface area contributed by atoms with Gasteiger partial charge in [0.25, 0.3) is 5.56 Å². The molecule has 0 saturated heterocycles. The first-order chi connectivity index (χ1) is 12.8. The van der Waals surface area contributed by atoms with E-state index in [2.05, 4.69) is 0 Å². The molecule has 0 aliphatic heterocycles. The van der Waals surface area contributed by atoms with Crippen LogP contribution in [0.15, 0.2) is 53.3 Å². The third-order valence-corrected chi connectivity index (χ3v) is 4.49. The standard InChI is InChI=1S/C21H21ClN2O3/c1-12(2)27-21(26)15-7-4-8-16(10-15)24-18(13(3)23)11-14-6-5-9-17(22)19(14)20(24)25/h4-13H,23H2,1-3H3/t13-/m0/s1. The molecule has 0 unspecified atom stereocenters. The van der Waals surface area contributed by atoms with Gasteiger partial charge in [-0.1, -0.05) is 29.8 Å². The number of ether oxygens (including phenoxy) is 1. The summed E-state index contributed by atoms with van der Waals surface area (Å²) >= 11 is 6.27. The lowest BCUT2D eigenvalue weighted by atomic mass is 10.1. The van der Waals surface area contributed by atoms with Crippen molar-refractivity contribution >= 4 is 28.3 Å². The van der Waals surface area contributed by atoms with Crippen molar-refractivity contribution in [1.29, 1.82) is 0 Å². The zero-order chi connectivity index (χ0) is 19.7. The van der Waals surface area contributed by atoms with Gasteiger partial charge < -0.3 is 10.5 Å². The molecule has 0 aliphatic carbocycles. The zero-order valence-electron chi connectivity index (χ0n) is 15.4. The van der Waals surface area contributed by atoms with Crippen LogP contribution in [0.5, 0.6) is 0 Å². The van der Waals surface area contributed by atoms with Gasteiger partial charge in [0.15, 0.2) is 0 Å². The quantitative estimate of drug-likeness (QED) is 0.683. The number of nitrogens with two attached hydrogens (primary N) is 1. The van der Waals surface area contributed by atoms with E-state index in [0.29, 0.717) is 27.4 Å². The molecule has 140 valence electrons. The summed E-state index contributed by atoms with van der Waals surface area (Å²) in [6.45, 7) is 5.37. The smallest absolute Gasteiger partial charge is 0.338 e. The van der Waals surface area contributed by atoms with Gasteiger partial charge in [0.2, 0.25) is 0 Å². The number of carbonyl (C=O) groups excluding carboxylic acids is 1. The fraction of sp³-hybridized carbons (Fsp3) is 0.238. The summed E-state index contributed by atoms with van der Waals surface area (Å²) in [6.07, 6.45) is -0.233. The Kier molecular flexibility index (Phi) is 5.35. The van der Waals surface area contributed by atoms with Gasteiger partial charge in [0, 0.05) is 17.4 Å². The summed E-state index contributed by atoms with van der Waals surface area (Å²) in [7, 11) is 0. The molecule has 6 heteroatoms. The lowest BCUT2D eigenvalue weighted by molar-refractivity contribution is 0.0378. The van der Waals surface area contributed by atoms with E-state index in [1.165, 1.54) is 4.57 Å². The molecule has 5 nitrogen and oxygen atoms in total. The van der Waals surface area contributed by atoms with E-state index in [0.717, 1.165) is 5.39 Å². The first-order valence-electron chi connectivity index (χ1n) is 8.70. The molecule has 2 aromatic carbocycles. The average Bonchev–Trinajstić information content (AvgIpc) is 2.60. The van der Waals surface area contributed by atoms with Crippen LogP contribution < -0.4 is 11.3 Å². The fourth-order valence-electron chi connectivity index (χ4n) is 3.00. The van der Waals surface area contributed by atoms with Gasteiger partial charge >= 0.3 is 5.97 Å². The summed E-state index contributed by atoms with van der Waals surface area (Å²) in [6, 6.07) is 13.5. The molecule has 0 aliphatic rings. The number of fused-ring (bicyclic) bond motifs is 1. The van der Waals surface area contributed by atoms with Gasteiger partial charge in [-0.2, -0.15) is 0 Å². The largest absolute Gasteiger partial charge is 0.459 e. The third kappa shape index (κ3) is 3.75. The lowest BCUT2D eigenvalue weighted by Crippen LogP contribution is -2.26. The Balaban J connectivity index is 2.26. The molecule has 1 aromatic heterocycles. The number of rotatable bonds is 4. The molecule has 2 N–H and O–H groups in total. The van der Waals surface area contributed by atoms with Crippen LogP contribution in [0.3, 0.4) is 0 Å². The Labute approximate surface area is 162 Å². The Hall–Kier alpha value is -2.63. The van der Waals surface area contributed by atoms with Gasteiger partial charge in [-0.15, -0.1) is 0 Å². The van der Waals surface area contributed by atoms with Crippen LogP contribution in [0.25, 0.3) is 16.5 Å². The van der Waals surface area contributed by atoms with Crippen LogP contribution in [0, 0.1) is 0 Å². The monoisotopic (exact) mass is 384 g/mol. The lowest BCUT2D eigenvalue weighted by Gasteiger charge is -2.18. The molecule has 0 saturated carbocycles. The molecule has 3 aromatic rings. The second-order valence-electron chi connectivity index (χ2n) is 6.71. The van der Waals surface area contributed by atoms with E-state index >= 15 is 0 Å². The molecule has 1 heterocycles. The van der Waals surface area contributed by atoms with Crippen molar-refractivity contribution in [2.45, 2.75) is 32.9 Å². The van der Waals surface area contributed by atoms with Gasteiger partial charge in [-0.05, 0) is 56.5 Å². The number of hydrogen-bond donors (Lipinski definition) is 1. The first-order valence-corrected chi connectivity index (χ1v) is 9.08. The molecule has 0 spiro atoms. The minimum Gasteiger partial charge on any atom is -0.459 e. The maximum Gasteiger partial charge on any atom is 0.338 e. The summed E-state index contributed by atoms with van der Waals surface area (Å²) in [4.78, 5) is 25.5. The molecular weight excluding hydrogens is 364 g/mol. The molecule has 0 radical (unpaired) electrons. The molecule has 27 heavy (non-hydrogen) atoms. The Bertz CT molecular complexity index is 1070. The van der Waals surface area contributed by atoms with E-state index in [9.17, 15) is 9.59 Å². The van der Waals surface area contributed by atoms with Crippen LogP contribution in [-0.2, 0) is 4.74 Å². The predicted octanol–water partition coefficient (Wildman–Crippen LogP) is 4.23. The molecular formula is C21H21ClN2O3. The van der Waals surface area contributed by atoms with Crippen LogP contribution in [-0.4, -0.2) is 16.6 Å². The number of esters is 1. The van der Waals surface area contributed by atoms with Crippen LogP contribution in [0.1, 0.15) is 42.9 Å². The number of hydrogen-bond acceptors (Lipinski definition) is 4. The highest BCUT2D eigenvalue weighted by atomic mass is 35.5. The van der Waals surface area contributed by atoms with Gasteiger partial charge in [-0.3, -0.25) is 9.36 Å². The molecule has 0 fully saturated rings. The minimum atomic E-state index is -0.443. The van der Waals surface area contributed by atoms with Crippen molar-refractivity contribution in [3.05, 3.63) is 75.2 Å². The van der Waals surface area contributed by atoms with Crippen LogP contribution >= 0.6 is 11.6 Å². The maximum atomic E-state index is 13.2. The van der Waals surface area contributed by atoms with Crippen molar-refractivity contribution in [3.63, 3.8) is 0 Å². The van der Waals surface area contributed by atoms with E-state index in [1.54, 1.807) is 57.2 Å². The Morgan fingerprint density at radius 1 is 1.11 bits per heavy atom. The normalized spacial score (nSPS) is 12.4. The van der Waals surface area contributed by atoms with Gasteiger partial charge in [0.05, 0.1) is 22.1 Å². The fourth-order valence-corrected chi connectivity index (χ4v) is 3.26. The van der Waals surface area contributed by atoms with Crippen molar-refractivity contribution < 1.29 is 9.53 Å². The number of halogens is 1. The molecule has 1 atom stereocenters. The van der Waals surface area contributed by atoms with Crippen molar-refractivity contribution in [1.82, 2.24) is 4.57 Å². The van der Waals surface area contributed by atoms with Gasteiger partial charge in [-0.25, -0.2) is 4.79 Å². The van der Waals surface area contributed by atoms with E-state index < -0.39 is 12.0 Å². The van der Waals surface area contributed by atoms with Crippen molar-refractivity contribution in [2.24, 2.45) is 5.73 Å². The van der Waals surface area contributed by atoms with E-state index in [4.69, 9.17) is 22.1 Å². The highest BCUT2D eigenvalue weighted by Gasteiger charge is 2.17. The maximum absolute atomic E-state index is 13.2. The summed E-state index contributed by atoms with van der Waals surface area (Å²) in [5, 5.41) is 1.52. The van der Waals surface area contributed by atoms with Crippen molar-refractivity contribution in [2.75, 3.05) is 0 Å².